The second kappa shape index (κ2) is 5.26. The molecule has 2 bridgehead atoms. The molecule has 2 atom stereocenters. The molecule has 0 aliphatic carbocycles. The smallest absolute Gasteiger partial charge is 0.137 e. The standard InChI is InChI=1S/C17H22N4/c1-21-13-6-7-14(21)9-12(8-13)10-18-17-15-4-2-3-5-16(15)19-11-20-17/h2-5,11-14H,6-10H2,1H3,(H,18,19,20). The van der Waals surface area contributed by atoms with Crippen LogP contribution in [0.15, 0.2) is 30.6 Å². The molecule has 4 heteroatoms. The Hall–Kier alpha value is -1.68. The lowest BCUT2D eigenvalue weighted by Crippen LogP contribution is -2.41. The summed E-state index contributed by atoms with van der Waals surface area (Å²) in [6.45, 7) is 1.03. The summed E-state index contributed by atoms with van der Waals surface area (Å²) in [6, 6.07) is 9.81. The Bertz CT molecular complexity index is 622. The summed E-state index contributed by atoms with van der Waals surface area (Å²) in [6.07, 6.45) is 7.07. The first-order valence-electron chi connectivity index (χ1n) is 7.97. The fraction of sp³-hybridized carbons (Fsp3) is 0.529. The molecular weight excluding hydrogens is 260 g/mol. The van der Waals surface area contributed by atoms with Crippen LogP contribution in [0.1, 0.15) is 25.7 Å². The fourth-order valence-electron chi connectivity index (χ4n) is 4.08. The summed E-state index contributed by atoms with van der Waals surface area (Å²) in [5, 5.41) is 4.69. The van der Waals surface area contributed by atoms with Crippen molar-refractivity contribution in [3.05, 3.63) is 30.6 Å². The fourth-order valence-corrected chi connectivity index (χ4v) is 4.08. The Kier molecular flexibility index (Phi) is 3.26. The SMILES string of the molecule is CN1C2CCC1CC(CNc1ncnc3ccccc13)C2. The van der Waals surface area contributed by atoms with Gasteiger partial charge in [-0.25, -0.2) is 9.97 Å². The molecule has 0 amide bonds. The van der Waals surface area contributed by atoms with E-state index in [9.17, 15) is 0 Å². The van der Waals surface area contributed by atoms with Gasteiger partial charge in [0.1, 0.15) is 12.1 Å². The molecule has 3 heterocycles. The van der Waals surface area contributed by atoms with Crippen LogP contribution in [0.4, 0.5) is 5.82 Å². The Morgan fingerprint density at radius 2 is 1.90 bits per heavy atom. The van der Waals surface area contributed by atoms with E-state index < -0.39 is 0 Å². The number of benzene rings is 1. The van der Waals surface area contributed by atoms with Gasteiger partial charge in [-0.2, -0.15) is 0 Å². The second-order valence-corrected chi connectivity index (χ2v) is 6.51. The summed E-state index contributed by atoms with van der Waals surface area (Å²) in [4.78, 5) is 11.3. The van der Waals surface area contributed by atoms with Crippen LogP contribution in [0.5, 0.6) is 0 Å². The summed E-state index contributed by atoms with van der Waals surface area (Å²) >= 11 is 0. The van der Waals surface area contributed by atoms with Crippen molar-refractivity contribution in [2.75, 3.05) is 18.9 Å². The van der Waals surface area contributed by atoms with Gasteiger partial charge in [0.25, 0.3) is 0 Å². The number of nitrogens with one attached hydrogen (secondary N) is 1. The first-order valence-corrected chi connectivity index (χ1v) is 7.97. The molecule has 2 fully saturated rings. The highest BCUT2D eigenvalue weighted by atomic mass is 15.2. The number of rotatable bonds is 3. The van der Waals surface area contributed by atoms with Crippen LogP contribution < -0.4 is 5.32 Å². The quantitative estimate of drug-likeness (QED) is 0.940. The molecule has 2 unspecified atom stereocenters. The molecule has 0 spiro atoms. The van der Waals surface area contributed by atoms with Gasteiger partial charge in [-0.05, 0) is 50.8 Å². The number of para-hydroxylation sites is 1. The van der Waals surface area contributed by atoms with Gasteiger partial charge >= 0.3 is 0 Å². The lowest BCUT2D eigenvalue weighted by Gasteiger charge is -2.36. The van der Waals surface area contributed by atoms with Gasteiger partial charge in [0, 0.05) is 24.0 Å². The number of hydrogen-bond donors (Lipinski definition) is 1. The third-order valence-electron chi connectivity index (χ3n) is 5.30. The minimum Gasteiger partial charge on any atom is -0.369 e. The number of fused-ring (bicyclic) bond motifs is 3. The molecular formula is C17H22N4. The van der Waals surface area contributed by atoms with E-state index in [0.29, 0.717) is 0 Å². The molecule has 2 aliphatic heterocycles. The number of anilines is 1. The van der Waals surface area contributed by atoms with Crippen LogP contribution in [0.3, 0.4) is 0 Å². The van der Waals surface area contributed by atoms with E-state index in [2.05, 4.69) is 33.3 Å². The van der Waals surface area contributed by atoms with Gasteiger partial charge in [-0.1, -0.05) is 12.1 Å². The van der Waals surface area contributed by atoms with Gasteiger partial charge in [-0.15, -0.1) is 0 Å². The van der Waals surface area contributed by atoms with Gasteiger partial charge in [0.05, 0.1) is 5.52 Å². The molecule has 2 saturated heterocycles. The second-order valence-electron chi connectivity index (χ2n) is 6.51. The van der Waals surface area contributed by atoms with E-state index in [1.807, 2.05) is 18.2 Å². The third-order valence-corrected chi connectivity index (χ3v) is 5.30. The van der Waals surface area contributed by atoms with Crippen LogP contribution in [0, 0.1) is 5.92 Å². The van der Waals surface area contributed by atoms with E-state index in [4.69, 9.17) is 0 Å². The van der Waals surface area contributed by atoms with Crippen molar-refractivity contribution in [2.24, 2.45) is 5.92 Å². The van der Waals surface area contributed by atoms with Gasteiger partial charge in [0.15, 0.2) is 0 Å². The Morgan fingerprint density at radius 1 is 1.14 bits per heavy atom. The molecule has 1 aromatic heterocycles. The van der Waals surface area contributed by atoms with Crippen LogP contribution in [0.2, 0.25) is 0 Å². The minimum atomic E-state index is 0.771. The highest BCUT2D eigenvalue weighted by Crippen LogP contribution is 2.37. The van der Waals surface area contributed by atoms with E-state index >= 15 is 0 Å². The molecule has 0 radical (unpaired) electrons. The zero-order valence-electron chi connectivity index (χ0n) is 12.5. The normalized spacial score (nSPS) is 28.9. The molecule has 4 rings (SSSR count). The van der Waals surface area contributed by atoms with Crippen LogP contribution in [0.25, 0.3) is 10.9 Å². The van der Waals surface area contributed by atoms with Crippen molar-refractivity contribution in [2.45, 2.75) is 37.8 Å². The van der Waals surface area contributed by atoms with Gasteiger partial charge in [0.2, 0.25) is 0 Å². The van der Waals surface area contributed by atoms with E-state index in [-0.39, 0.29) is 0 Å². The van der Waals surface area contributed by atoms with Crippen molar-refractivity contribution in [1.29, 1.82) is 0 Å². The Labute approximate surface area is 125 Å². The van der Waals surface area contributed by atoms with Crippen molar-refractivity contribution in [3.63, 3.8) is 0 Å². The molecule has 1 aromatic carbocycles. The highest BCUT2D eigenvalue weighted by Gasteiger charge is 2.38. The lowest BCUT2D eigenvalue weighted by molar-refractivity contribution is 0.139. The third kappa shape index (κ3) is 2.38. The number of piperidine rings is 1. The largest absolute Gasteiger partial charge is 0.369 e. The number of hydrogen-bond acceptors (Lipinski definition) is 4. The van der Waals surface area contributed by atoms with Crippen LogP contribution >= 0.6 is 0 Å². The number of aromatic nitrogens is 2. The summed E-state index contributed by atoms with van der Waals surface area (Å²) < 4.78 is 0. The van der Waals surface area contributed by atoms with Crippen LogP contribution in [-0.4, -0.2) is 40.5 Å². The predicted octanol–water partition coefficient (Wildman–Crippen LogP) is 2.91. The minimum absolute atomic E-state index is 0.771. The monoisotopic (exact) mass is 282 g/mol. The molecule has 2 aromatic rings. The maximum Gasteiger partial charge on any atom is 0.137 e. The van der Waals surface area contributed by atoms with E-state index in [1.54, 1.807) is 6.33 Å². The average molecular weight is 282 g/mol. The molecule has 110 valence electrons. The first kappa shape index (κ1) is 13.0. The Morgan fingerprint density at radius 3 is 2.71 bits per heavy atom. The summed E-state index contributed by atoms with van der Waals surface area (Å²) in [7, 11) is 2.30. The maximum absolute atomic E-state index is 4.43. The highest BCUT2D eigenvalue weighted by molar-refractivity contribution is 5.88. The molecule has 4 nitrogen and oxygen atoms in total. The zero-order valence-corrected chi connectivity index (χ0v) is 12.5. The first-order chi connectivity index (χ1) is 10.3. The number of nitrogens with zero attached hydrogens (tertiary/aromatic N) is 3. The molecule has 1 N–H and O–H groups in total. The molecule has 0 saturated carbocycles. The van der Waals surface area contributed by atoms with E-state index in [0.717, 1.165) is 41.3 Å². The topological polar surface area (TPSA) is 41.0 Å². The maximum atomic E-state index is 4.43. The Balaban J connectivity index is 1.47. The summed E-state index contributed by atoms with van der Waals surface area (Å²) in [5.41, 5.74) is 1.01. The van der Waals surface area contributed by atoms with Crippen molar-refractivity contribution in [1.82, 2.24) is 14.9 Å². The van der Waals surface area contributed by atoms with Crippen molar-refractivity contribution < 1.29 is 0 Å². The van der Waals surface area contributed by atoms with Crippen molar-refractivity contribution in [3.8, 4) is 0 Å². The zero-order chi connectivity index (χ0) is 14.2. The predicted molar refractivity (Wildman–Crippen MR) is 85.3 cm³/mol. The average Bonchev–Trinajstić information content (AvgIpc) is 2.75. The molecule has 21 heavy (non-hydrogen) atoms. The van der Waals surface area contributed by atoms with E-state index in [1.165, 1.54) is 25.7 Å². The summed E-state index contributed by atoms with van der Waals surface area (Å²) in [5.74, 6) is 1.75. The lowest BCUT2D eigenvalue weighted by atomic mass is 9.91. The van der Waals surface area contributed by atoms with Gasteiger partial charge < -0.3 is 10.2 Å². The van der Waals surface area contributed by atoms with Crippen molar-refractivity contribution >= 4 is 16.7 Å². The van der Waals surface area contributed by atoms with Crippen LogP contribution in [-0.2, 0) is 0 Å². The van der Waals surface area contributed by atoms with Gasteiger partial charge in [-0.3, -0.25) is 0 Å². The molecule has 2 aliphatic rings.